The molecule has 0 bridgehead atoms. The monoisotopic (exact) mass is 400 g/mol. The summed E-state index contributed by atoms with van der Waals surface area (Å²) >= 11 is 3.49. The molecule has 0 unspecified atom stereocenters. The molecule has 23 heavy (non-hydrogen) atoms. The normalized spacial score (nSPS) is 20.5. The molecule has 1 saturated carbocycles. The van der Waals surface area contributed by atoms with Crippen LogP contribution in [0.15, 0.2) is 28.7 Å². The van der Waals surface area contributed by atoms with E-state index in [0.717, 1.165) is 62.1 Å². The van der Waals surface area contributed by atoms with Gasteiger partial charge in [-0.2, -0.15) is 0 Å². The second-order valence-electron chi connectivity index (χ2n) is 6.74. The lowest BCUT2D eigenvalue weighted by molar-refractivity contribution is -0.142. The molecule has 1 aromatic carbocycles. The van der Waals surface area contributed by atoms with Gasteiger partial charge in [-0.15, -0.1) is 12.4 Å². The van der Waals surface area contributed by atoms with Gasteiger partial charge in [-0.3, -0.25) is 4.79 Å². The van der Waals surface area contributed by atoms with Crippen LogP contribution in [0.3, 0.4) is 0 Å². The van der Waals surface area contributed by atoms with E-state index in [1.165, 1.54) is 5.56 Å². The zero-order chi connectivity index (χ0) is 15.6. The van der Waals surface area contributed by atoms with Crippen LogP contribution in [-0.4, -0.2) is 37.5 Å². The molecular formula is C18H26BrClN2O. The van der Waals surface area contributed by atoms with E-state index in [4.69, 9.17) is 0 Å². The number of halogens is 2. The summed E-state index contributed by atoms with van der Waals surface area (Å²) in [7, 11) is 2.01. The van der Waals surface area contributed by atoms with E-state index in [2.05, 4.69) is 50.4 Å². The van der Waals surface area contributed by atoms with Crippen molar-refractivity contribution in [2.75, 3.05) is 26.7 Å². The van der Waals surface area contributed by atoms with Crippen molar-refractivity contribution in [3.63, 3.8) is 0 Å². The number of rotatable bonds is 4. The van der Waals surface area contributed by atoms with Crippen LogP contribution in [0.2, 0.25) is 0 Å². The molecule has 0 aromatic heterocycles. The largest absolute Gasteiger partial charge is 0.342 e. The first kappa shape index (κ1) is 18.8. The van der Waals surface area contributed by atoms with E-state index in [1.54, 1.807) is 0 Å². The van der Waals surface area contributed by atoms with Gasteiger partial charge in [0.05, 0.1) is 5.41 Å². The van der Waals surface area contributed by atoms with E-state index < -0.39 is 0 Å². The summed E-state index contributed by atoms with van der Waals surface area (Å²) < 4.78 is 1.08. The van der Waals surface area contributed by atoms with Crippen molar-refractivity contribution in [2.45, 2.75) is 37.5 Å². The third kappa shape index (κ3) is 3.75. The Kier molecular flexibility index (Phi) is 6.52. The maximum Gasteiger partial charge on any atom is 0.233 e. The summed E-state index contributed by atoms with van der Waals surface area (Å²) in [6.45, 7) is 2.91. The van der Waals surface area contributed by atoms with Crippen LogP contribution in [0.4, 0.5) is 0 Å². The number of hydrogen-bond acceptors (Lipinski definition) is 2. The average Bonchev–Trinajstić information content (AvgIpc) is 2.49. The van der Waals surface area contributed by atoms with Gasteiger partial charge < -0.3 is 10.2 Å². The summed E-state index contributed by atoms with van der Waals surface area (Å²) in [4.78, 5) is 15.3. The maximum atomic E-state index is 13.2. The molecule has 1 amide bonds. The molecule has 3 rings (SSSR count). The number of carbonyl (C=O) groups is 1. The summed E-state index contributed by atoms with van der Waals surface area (Å²) in [5, 5.41) is 3.26. The second kappa shape index (κ2) is 8.00. The number of benzene rings is 1. The third-order valence-corrected chi connectivity index (χ3v) is 5.94. The summed E-state index contributed by atoms with van der Waals surface area (Å²) in [6.07, 6.45) is 5.43. The minimum atomic E-state index is -0.240. The Hall–Kier alpha value is -0.580. The molecule has 5 heteroatoms. The summed E-state index contributed by atoms with van der Waals surface area (Å²) in [5.41, 5.74) is 0.959. The SMILES string of the molecule is CNCC1CCN(C(=O)C2(c3ccc(Br)cc3)CCC2)CC1.Cl. The van der Waals surface area contributed by atoms with Crippen LogP contribution >= 0.6 is 28.3 Å². The van der Waals surface area contributed by atoms with Gasteiger partial charge in [-0.1, -0.05) is 34.5 Å². The average molecular weight is 402 g/mol. The molecule has 0 atom stereocenters. The lowest BCUT2D eigenvalue weighted by atomic mass is 9.63. The highest BCUT2D eigenvalue weighted by atomic mass is 79.9. The Balaban J connectivity index is 0.00000192. The number of likely N-dealkylation sites (tertiary alicyclic amines) is 1. The van der Waals surface area contributed by atoms with Crippen molar-refractivity contribution in [3.8, 4) is 0 Å². The van der Waals surface area contributed by atoms with Gasteiger partial charge in [0.15, 0.2) is 0 Å². The van der Waals surface area contributed by atoms with E-state index in [9.17, 15) is 4.79 Å². The van der Waals surface area contributed by atoms with E-state index in [-0.39, 0.29) is 17.8 Å². The molecule has 1 heterocycles. The van der Waals surface area contributed by atoms with E-state index in [1.807, 2.05) is 7.05 Å². The second-order valence-corrected chi connectivity index (χ2v) is 7.65. The molecule has 3 nitrogen and oxygen atoms in total. The van der Waals surface area contributed by atoms with Crippen molar-refractivity contribution in [3.05, 3.63) is 34.3 Å². The van der Waals surface area contributed by atoms with Gasteiger partial charge in [-0.05, 0) is 62.9 Å². The highest BCUT2D eigenvalue weighted by Gasteiger charge is 2.47. The molecule has 1 saturated heterocycles. The zero-order valence-corrected chi connectivity index (χ0v) is 16.1. The van der Waals surface area contributed by atoms with Gasteiger partial charge in [0.25, 0.3) is 0 Å². The van der Waals surface area contributed by atoms with Crippen LogP contribution < -0.4 is 5.32 Å². The van der Waals surface area contributed by atoms with Crippen molar-refractivity contribution in [1.82, 2.24) is 10.2 Å². The maximum absolute atomic E-state index is 13.2. The van der Waals surface area contributed by atoms with E-state index in [0.29, 0.717) is 5.91 Å². The van der Waals surface area contributed by atoms with Gasteiger partial charge in [0.1, 0.15) is 0 Å². The fraction of sp³-hybridized carbons (Fsp3) is 0.611. The molecule has 2 fully saturated rings. The van der Waals surface area contributed by atoms with E-state index >= 15 is 0 Å². The fourth-order valence-electron chi connectivity index (χ4n) is 3.86. The number of carbonyl (C=O) groups excluding carboxylic acids is 1. The molecule has 0 spiro atoms. The van der Waals surface area contributed by atoms with Crippen LogP contribution in [-0.2, 0) is 10.2 Å². The van der Waals surface area contributed by atoms with Crippen molar-refractivity contribution in [1.29, 1.82) is 0 Å². The van der Waals surface area contributed by atoms with Gasteiger partial charge in [-0.25, -0.2) is 0 Å². The minimum Gasteiger partial charge on any atom is -0.342 e. The first-order valence-corrected chi connectivity index (χ1v) is 9.15. The third-order valence-electron chi connectivity index (χ3n) is 5.41. The predicted molar refractivity (Wildman–Crippen MR) is 100 cm³/mol. The first-order valence-electron chi connectivity index (χ1n) is 8.36. The highest BCUT2D eigenvalue weighted by molar-refractivity contribution is 9.10. The highest BCUT2D eigenvalue weighted by Crippen LogP contribution is 2.45. The quantitative estimate of drug-likeness (QED) is 0.833. The molecule has 1 aliphatic carbocycles. The molecular weight excluding hydrogens is 376 g/mol. The van der Waals surface area contributed by atoms with Crippen molar-refractivity contribution >= 4 is 34.2 Å². The molecule has 1 aliphatic heterocycles. The number of amides is 1. The van der Waals surface area contributed by atoms with Gasteiger partial charge in [0.2, 0.25) is 5.91 Å². The topological polar surface area (TPSA) is 32.3 Å². The fourth-order valence-corrected chi connectivity index (χ4v) is 4.12. The standard InChI is InChI=1S/C18H25BrN2O.ClH/c1-20-13-14-7-11-21(12-8-14)17(22)18(9-2-10-18)15-3-5-16(19)6-4-15;/h3-6,14,20H,2,7-13H2,1H3;1H. The number of nitrogens with one attached hydrogen (secondary N) is 1. The lowest BCUT2D eigenvalue weighted by Crippen LogP contribution is -2.53. The first-order chi connectivity index (χ1) is 10.7. The smallest absolute Gasteiger partial charge is 0.233 e. The molecule has 2 aliphatic rings. The van der Waals surface area contributed by atoms with Crippen LogP contribution in [0, 0.1) is 5.92 Å². The Morgan fingerprint density at radius 3 is 2.35 bits per heavy atom. The van der Waals surface area contributed by atoms with Crippen LogP contribution in [0.5, 0.6) is 0 Å². The summed E-state index contributed by atoms with van der Waals surface area (Å²) in [6, 6.07) is 8.35. The Morgan fingerprint density at radius 1 is 1.26 bits per heavy atom. The van der Waals surface area contributed by atoms with Crippen molar-refractivity contribution in [2.24, 2.45) is 5.92 Å². The molecule has 0 radical (unpaired) electrons. The number of hydrogen-bond donors (Lipinski definition) is 1. The number of nitrogens with zero attached hydrogens (tertiary/aromatic N) is 1. The van der Waals surface area contributed by atoms with Gasteiger partial charge in [0, 0.05) is 17.6 Å². The Labute approximate surface area is 153 Å². The predicted octanol–water partition coefficient (Wildman–Crippen LogP) is 3.75. The zero-order valence-electron chi connectivity index (χ0n) is 13.7. The van der Waals surface area contributed by atoms with Crippen LogP contribution in [0.1, 0.15) is 37.7 Å². The molecule has 1 N–H and O–H groups in total. The minimum absolute atomic E-state index is 0. The molecule has 128 valence electrons. The Morgan fingerprint density at radius 2 is 1.87 bits per heavy atom. The summed E-state index contributed by atoms with van der Waals surface area (Å²) in [5.74, 6) is 1.09. The van der Waals surface area contributed by atoms with Gasteiger partial charge >= 0.3 is 0 Å². The molecule has 1 aromatic rings. The number of piperidine rings is 1. The Bertz CT molecular complexity index is 522. The lowest BCUT2D eigenvalue weighted by Gasteiger charge is -2.45. The van der Waals surface area contributed by atoms with Crippen molar-refractivity contribution < 1.29 is 4.79 Å². The van der Waals surface area contributed by atoms with Crippen LogP contribution in [0.25, 0.3) is 0 Å².